The number of hydrogen-bond acceptors (Lipinski definition) is 6. The van der Waals surface area contributed by atoms with E-state index in [0.717, 1.165) is 37.8 Å². The van der Waals surface area contributed by atoms with E-state index < -0.39 is 4.92 Å². The highest BCUT2D eigenvalue weighted by molar-refractivity contribution is 5.49. The maximum Gasteiger partial charge on any atom is 0.368 e. The highest BCUT2D eigenvalue weighted by atomic mass is 16.6. The molecule has 140 valence electrons. The predicted octanol–water partition coefficient (Wildman–Crippen LogP) is 2.59. The molecule has 1 atom stereocenters. The number of aromatic nitrogens is 3. The van der Waals surface area contributed by atoms with Gasteiger partial charge in [-0.25, -0.2) is 4.98 Å². The van der Waals surface area contributed by atoms with Crippen LogP contribution in [-0.4, -0.2) is 57.1 Å². The summed E-state index contributed by atoms with van der Waals surface area (Å²) >= 11 is 0. The number of imidazole rings is 1. The average molecular weight is 358 g/mol. The molecule has 26 heavy (non-hydrogen) atoms. The van der Waals surface area contributed by atoms with Crippen LogP contribution in [0, 0.1) is 22.0 Å². The Hall–Kier alpha value is -2.22. The molecule has 0 bridgehead atoms. The van der Waals surface area contributed by atoms with Crippen molar-refractivity contribution in [2.75, 3.05) is 37.6 Å². The maximum atomic E-state index is 11.1. The van der Waals surface area contributed by atoms with Crippen molar-refractivity contribution in [2.24, 2.45) is 11.8 Å². The maximum absolute atomic E-state index is 11.1. The smallest absolute Gasteiger partial charge is 0.358 e. The van der Waals surface area contributed by atoms with E-state index in [1.807, 2.05) is 12.1 Å². The zero-order chi connectivity index (χ0) is 18.1. The average Bonchev–Trinajstić information content (AvgIpc) is 3.07. The van der Waals surface area contributed by atoms with Gasteiger partial charge in [0, 0.05) is 25.7 Å². The molecule has 2 fully saturated rings. The number of rotatable bonds is 4. The quantitative estimate of drug-likeness (QED) is 0.617. The minimum Gasteiger partial charge on any atom is -0.358 e. The summed E-state index contributed by atoms with van der Waals surface area (Å²) in [6.07, 6.45) is 6.26. The minimum atomic E-state index is -0.437. The van der Waals surface area contributed by atoms with Gasteiger partial charge in [0.05, 0.1) is 0 Å². The zero-order valence-electron chi connectivity index (χ0n) is 15.3. The van der Waals surface area contributed by atoms with Gasteiger partial charge in [0.25, 0.3) is 0 Å². The number of fused-ring (bicyclic) bond motifs is 1. The van der Waals surface area contributed by atoms with Crippen LogP contribution in [-0.2, 0) is 0 Å². The molecule has 1 unspecified atom stereocenters. The molecule has 0 saturated carbocycles. The van der Waals surface area contributed by atoms with Crippen molar-refractivity contribution >= 4 is 17.3 Å². The monoisotopic (exact) mass is 358 g/mol. The first-order chi connectivity index (χ1) is 12.6. The number of nitrogens with zero attached hydrogens (tertiary/aromatic N) is 6. The van der Waals surface area contributed by atoms with Gasteiger partial charge in [-0.15, -0.1) is 0 Å². The van der Waals surface area contributed by atoms with Crippen LogP contribution in [0.2, 0.25) is 0 Å². The molecule has 0 N–H and O–H groups in total. The van der Waals surface area contributed by atoms with Gasteiger partial charge in [0.15, 0.2) is 5.82 Å². The standard InChI is InChI=1S/C18H26N6O2/c1-14-6-9-21(10-7-14)12-15-3-2-8-22(13-15)17-5-4-16-19-11-18(24(25)26)23(16)20-17/h4-5,11,14-15H,2-3,6-10,12-13H2,1H3. The van der Waals surface area contributed by atoms with E-state index in [9.17, 15) is 10.1 Å². The van der Waals surface area contributed by atoms with Gasteiger partial charge < -0.3 is 19.9 Å². The van der Waals surface area contributed by atoms with Crippen LogP contribution in [0.4, 0.5) is 11.6 Å². The Bertz CT molecular complexity index is 783. The Balaban J connectivity index is 1.46. The number of piperidine rings is 2. The third kappa shape index (κ3) is 3.51. The molecule has 8 heteroatoms. The van der Waals surface area contributed by atoms with E-state index >= 15 is 0 Å². The lowest BCUT2D eigenvalue weighted by atomic mass is 9.94. The van der Waals surface area contributed by atoms with Crippen molar-refractivity contribution < 1.29 is 4.92 Å². The van der Waals surface area contributed by atoms with Crippen LogP contribution in [0.3, 0.4) is 0 Å². The fourth-order valence-corrected chi connectivity index (χ4v) is 4.18. The Morgan fingerprint density at radius 2 is 2.04 bits per heavy atom. The second kappa shape index (κ2) is 7.19. The molecular formula is C18H26N6O2. The molecule has 2 aliphatic rings. The first-order valence-electron chi connectivity index (χ1n) is 9.56. The van der Waals surface area contributed by atoms with E-state index in [1.165, 1.54) is 43.1 Å². The van der Waals surface area contributed by atoms with Crippen molar-refractivity contribution in [3.05, 3.63) is 28.4 Å². The molecule has 0 aromatic carbocycles. The molecule has 2 aliphatic heterocycles. The van der Waals surface area contributed by atoms with Crippen LogP contribution in [0.25, 0.3) is 5.65 Å². The van der Waals surface area contributed by atoms with Crippen LogP contribution in [0.15, 0.2) is 18.3 Å². The molecular weight excluding hydrogens is 332 g/mol. The summed E-state index contributed by atoms with van der Waals surface area (Å²) in [4.78, 5) is 19.6. The van der Waals surface area contributed by atoms with Crippen molar-refractivity contribution in [1.29, 1.82) is 0 Å². The second-order valence-corrected chi connectivity index (χ2v) is 7.77. The lowest BCUT2D eigenvalue weighted by Gasteiger charge is -2.38. The van der Waals surface area contributed by atoms with Gasteiger partial charge in [-0.1, -0.05) is 16.5 Å². The van der Waals surface area contributed by atoms with Gasteiger partial charge in [-0.3, -0.25) is 0 Å². The lowest BCUT2D eigenvalue weighted by Crippen LogP contribution is -2.43. The third-order valence-corrected chi connectivity index (χ3v) is 5.75. The van der Waals surface area contributed by atoms with Crippen molar-refractivity contribution in [1.82, 2.24) is 19.5 Å². The van der Waals surface area contributed by atoms with Crippen LogP contribution in [0.1, 0.15) is 32.6 Å². The molecule has 8 nitrogen and oxygen atoms in total. The molecule has 4 heterocycles. The molecule has 0 spiro atoms. The Morgan fingerprint density at radius 3 is 2.81 bits per heavy atom. The largest absolute Gasteiger partial charge is 0.368 e. The van der Waals surface area contributed by atoms with E-state index in [4.69, 9.17) is 0 Å². The predicted molar refractivity (Wildman–Crippen MR) is 99.4 cm³/mol. The number of anilines is 1. The third-order valence-electron chi connectivity index (χ3n) is 5.75. The SMILES string of the molecule is CC1CCN(CC2CCCN(c3ccc4ncc([N+](=O)[O-])n4n3)C2)CC1. The first-order valence-corrected chi connectivity index (χ1v) is 9.56. The summed E-state index contributed by atoms with van der Waals surface area (Å²) in [6, 6.07) is 3.74. The minimum absolute atomic E-state index is 0.0853. The fraction of sp³-hybridized carbons (Fsp3) is 0.667. The topological polar surface area (TPSA) is 79.8 Å². The van der Waals surface area contributed by atoms with E-state index in [0.29, 0.717) is 11.6 Å². The zero-order valence-corrected chi connectivity index (χ0v) is 15.3. The van der Waals surface area contributed by atoms with Gasteiger partial charge in [0.1, 0.15) is 6.20 Å². The summed E-state index contributed by atoms with van der Waals surface area (Å²) in [7, 11) is 0. The van der Waals surface area contributed by atoms with E-state index in [1.54, 1.807) is 0 Å². The summed E-state index contributed by atoms with van der Waals surface area (Å²) in [5.74, 6) is 2.21. The molecule has 0 radical (unpaired) electrons. The number of hydrogen-bond donors (Lipinski definition) is 0. The molecule has 0 amide bonds. The summed E-state index contributed by atoms with van der Waals surface area (Å²) in [5, 5.41) is 15.6. The Morgan fingerprint density at radius 1 is 1.23 bits per heavy atom. The summed E-state index contributed by atoms with van der Waals surface area (Å²) in [5.41, 5.74) is 0.511. The van der Waals surface area contributed by atoms with Gasteiger partial charge in [0.2, 0.25) is 5.65 Å². The summed E-state index contributed by atoms with van der Waals surface area (Å²) < 4.78 is 1.34. The van der Waals surface area contributed by atoms with Gasteiger partial charge in [-0.2, -0.15) is 0 Å². The van der Waals surface area contributed by atoms with Crippen molar-refractivity contribution in [3.63, 3.8) is 0 Å². The Kier molecular flexibility index (Phi) is 4.76. The lowest BCUT2D eigenvalue weighted by molar-refractivity contribution is -0.391. The van der Waals surface area contributed by atoms with Crippen LogP contribution in [0.5, 0.6) is 0 Å². The second-order valence-electron chi connectivity index (χ2n) is 7.77. The Labute approximate surface area is 152 Å². The summed E-state index contributed by atoms with van der Waals surface area (Å²) in [6.45, 7) is 7.83. The van der Waals surface area contributed by atoms with Crippen molar-refractivity contribution in [2.45, 2.75) is 32.6 Å². The van der Waals surface area contributed by atoms with Crippen LogP contribution >= 0.6 is 0 Å². The number of likely N-dealkylation sites (tertiary alicyclic amines) is 1. The van der Waals surface area contributed by atoms with E-state index in [2.05, 4.69) is 26.8 Å². The molecule has 2 aromatic rings. The van der Waals surface area contributed by atoms with Crippen LogP contribution < -0.4 is 4.90 Å². The number of nitro groups is 1. The molecule has 0 aliphatic carbocycles. The highest BCUT2D eigenvalue weighted by Gasteiger charge is 2.26. The molecule has 2 saturated heterocycles. The first kappa shape index (κ1) is 17.2. The van der Waals surface area contributed by atoms with Crippen molar-refractivity contribution in [3.8, 4) is 0 Å². The van der Waals surface area contributed by atoms with E-state index in [-0.39, 0.29) is 5.82 Å². The normalized spacial score (nSPS) is 22.8. The highest BCUT2D eigenvalue weighted by Crippen LogP contribution is 2.25. The molecule has 4 rings (SSSR count). The van der Waals surface area contributed by atoms with Gasteiger partial charge >= 0.3 is 5.82 Å². The van der Waals surface area contributed by atoms with Gasteiger partial charge in [-0.05, 0) is 61.6 Å². The molecule has 2 aromatic heterocycles. The fourth-order valence-electron chi connectivity index (χ4n) is 4.18.